The van der Waals surface area contributed by atoms with Crippen LogP contribution in [0.5, 0.6) is 0 Å². The first kappa shape index (κ1) is 13.0. The van der Waals surface area contributed by atoms with Crippen LogP contribution < -0.4 is 0 Å². The summed E-state index contributed by atoms with van der Waals surface area (Å²) in [5.41, 5.74) is 0.312. The van der Waals surface area contributed by atoms with E-state index in [0.717, 1.165) is 0 Å². The summed E-state index contributed by atoms with van der Waals surface area (Å²) in [7, 11) is 0. The summed E-state index contributed by atoms with van der Waals surface area (Å²) >= 11 is 8.78. The van der Waals surface area contributed by atoms with Gasteiger partial charge in [0, 0.05) is 10.6 Å². The molecule has 0 radical (unpaired) electrons. The van der Waals surface area contributed by atoms with Crippen LogP contribution in [0.2, 0.25) is 5.02 Å². The molecule has 0 unspecified atom stereocenters. The van der Waals surface area contributed by atoms with E-state index in [1.54, 1.807) is 0 Å². The van der Waals surface area contributed by atoms with Crippen molar-refractivity contribution in [3.05, 3.63) is 55.4 Å². The molecule has 1 aromatic carbocycles. The van der Waals surface area contributed by atoms with Gasteiger partial charge in [-0.05, 0) is 39.1 Å². The number of benzene rings is 1. The summed E-state index contributed by atoms with van der Waals surface area (Å²) in [5.74, 6) is -0.744. The second kappa shape index (κ2) is 5.03. The van der Waals surface area contributed by atoms with Gasteiger partial charge in [0.05, 0.1) is 17.8 Å². The van der Waals surface area contributed by atoms with Crippen molar-refractivity contribution in [2.45, 2.75) is 6.54 Å². The Morgan fingerprint density at radius 1 is 1.56 bits per heavy atom. The Labute approximate surface area is 114 Å². The van der Waals surface area contributed by atoms with E-state index in [9.17, 15) is 14.5 Å². The standard InChI is InChI=1S/C10H6BrClFN3O2/c11-8-5-15(14-10(8)16(17)18)4-6-3-7(12)1-2-9(6)13/h1-3,5H,4H2. The molecule has 2 rings (SSSR count). The van der Waals surface area contributed by atoms with Crippen LogP contribution in [0.15, 0.2) is 28.9 Å². The molecule has 0 saturated heterocycles. The van der Waals surface area contributed by atoms with Gasteiger partial charge < -0.3 is 10.1 Å². The summed E-state index contributed by atoms with van der Waals surface area (Å²) in [4.78, 5) is 10.00. The molecule has 0 aliphatic heterocycles. The fraction of sp³-hybridized carbons (Fsp3) is 0.100. The maximum Gasteiger partial charge on any atom is 0.404 e. The Kier molecular flexibility index (Phi) is 3.63. The average molecular weight is 335 g/mol. The van der Waals surface area contributed by atoms with Gasteiger partial charge in [0.25, 0.3) is 0 Å². The Bertz CT molecular complexity index is 617. The van der Waals surface area contributed by atoms with Gasteiger partial charge in [0.15, 0.2) is 0 Å². The summed E-state index contributed by atoms with van der Waals surface area (Å²) in [6.45, 7) is 0.0683. The lowest BCUT2D eigenvalue weighted by molar-refractivity contribution is -0.390. The van der Waals surface area contributed by atoms with Crippen molar-refractivity contribution >= 4 is 33.3 Å². The third-order valence-electron chi connectivity index (χ3n) is 2.21. The number of nitro groups is 1. The third kappa shape index (κ3) is 2.68. The van der Waals surface area contributed by atoms with Gasteiger partial charge in [-0.3, -0.25) is 0 Å². The molecule has 5 nitrogen and oxygen atoms in total. The van der Waals surface area contributed by atoms with E-state index in [2.05, 4.69) is 21.0 Å². The highest BCUT2D eigenvalue weighted by atomic mass is 79.9. The molecule has 0 saturated carbocycles. The molecule has 1 heterocycles. The van der Waals surface area contributed by atoms with Crippen LogP contribution in [0.4, 0.5) is 10.2 Å². The van der Waals surface area contributed by atoms with Crippen molar-refractivity contribution in [1.82, 2.24) is 9.78 Å². The molecule has 0 fully saturated rings. The smallest absolute Gasteiger partial charge is 0.358 e. The summed E-state index contributed by atoms with van der Waals surface area (Å²) in [6, 6.07) is 4.13. The Hall–Kier alpha value is -1.47. The van der Waals surface area contributed by atoms with E-state index in [-0.39, 0.29) is 16.8 Å². The predicted molar refractivity (Wildman–Crippen MR) is 67.1 cm³/mol. The van der Waals surface area contributed by atoms with Gasteiger partial charge >= 0.3 is 5.82 Å². The average Bonchev–Trinajstić information content (AvgIpc) is 2.65. The molecule has 0 bridgehead atoms. The first-order chi connectivity index (χ1) is 8.47. The predicted octanol–water partition coefficient (Wildman–Crippen LogP) is 3.39. The summed E-state index contributed by atoms with van der Waals surface area (Å²) < 4.78 is 15.0. The Morgan fingerprint density at radius 3 is 2.89 bits per heavy atom. The van der Waals surface area contributed by atoms with E-state index >= 15 is 0 Å². The molecular formula is C10H6BrClFN3O2. The second-order valence-corrected chi connectivity index (χ2v) is 4.78. The second-order valence-electron chi connectivity index (χ2n) is 3.49. The molecule has 0 spiro atoms. The maximum absolute atomic E-state index is 13.5. The van der Waals surface area contributed by atoms with Crippen LogP contribution in [0, 0.1) is 15.9 Å². The molecule has 0 aliphatic rings. The number of nitrogens with zero attached hydrogens (tertiary/aromatic N) is 3. The zero-order valence-corrected chi connectivity index (χ0v) is 11.2. The Balaban J connectivity index is 2.31. The molecule has 0 aliphatic carbocycles. The fourth-order valence-corrected chi connectivity index (χ4v) is 2.09. The van der Waals surface area contributed by atoms with E-state index in [1.807, 2.05) is 0 Å². The van der Waals surface area contributed by atoms with E-state index in [4.69, 9.17) is 11.6 Å². The van der Waals surface area contributed by atoms with Crippen molar-refractivity contribution in [2.24, 2.45) is 0 Å². The van der Waals surface area contributed by atoms with E-state index in [1.165, 1.54) is 29.1 Å². The molecular weight excluding hydrogens is 328 g/mol. The number of hydrogen-bond donors (Lipinski definition) is 0. The largest absolute Gasteiger partial charge is 0.404 e. The first-order valence-corrected chi connectivity index (χ1v) is 5.95. The zero-order valence-electron chi connectivity index (χ0n) is 8.81. The number of rotatable bonds is 3. The molecule has 8 heteroatoms. The van der Waals surface area contributed by atoms with Gasteiger partial charge in [-0.1, -0.05) is 11.6 Å². The SMILES string of the molecule is O=[N+]([O-])c1nn(Cc2cc(Cl)ccc2F)cc1Br. The summed E-state index contributed by atoms with van der Waals surface area (Å²) in [5, 5.41) is 14.7. The molecule has 1 aromatic heterocycles. The maximum atomic E-state index is 13.5. The number of hydrogen-bond acceptors (Lipinski definition) is 3. The quantitative estimate of drug-likeness (QED) is 0.638. The lowest BCUT2D eigenvalue weighted by Gasteiger charge is -2.01. The number of aromatic nitrogens is 2. The monoisotopic (exact) mass is 333 g/mol. The molecule has 0 amide bonds. The van der Waals surface area contributed by atoms with Crippen LogP contribution in [0.25, 0.3) is 0 Å². The molecule has 2 aromatic rings. The highest BCUT2D eigenvalue weighted by Gasteiger charge is 2.19. The fourth-order valence-electron chi connectivity index (χ4n) is 1.43. The zero-order chi connectivity index (χ0) is 13.3. The highest BCUT2D eigenvalue weighted by molar-refractivity contribution is 9.10. The van der Waals surface area contributed by atoms with Crippen molar-refractivity contribution in [1.29, 1.82) is 0 Å². The molecule has 0 N–H and O–H groups in total. The lowest BCUT2D eigenvalue weighted by atomic mass is 10.2. The van der Waals surface area contributed by atoms with Crippen molar-refractivity contribution in [2.75, 3.05) is 0 Å². The van der Waals surface area contributed by atoms with Crippen LogP contribution in [-0.2, 0) is 6.54 Å². The molecule has 94 valence electrons. The topological polar surface area (TPSA) is 61.0 Å². The van der Waals surface area contributed by atoms with Crippen molar-refractivity contribution in [3.8, 4) is 0 Å². The van der Waals surface area contributed by atoms with Gasteiger partial charge in [0.1, 0.15) is 10.3 Å². The molecule has 0 atom stereocenters. The molecule has 18 heavy (non-hydrogen) atoms. The van der Waals surface area contributed by atoms with Crippen LogP contribution in [-0.4, -0.2) is 14.7 Å². The lowest BCUT2D eigenvalue weighted by Crippen LogP contribution is -2.03. The number of halogens is 3. The summed E-state index contributed by atoms with van der Waals surface area (Å²) in [6.07, 6.45) is 1.42. The van der Waals surface area contributed by atoms with Gasteiger partial charge in [-0.2, -0.15) is 4.68 Å². The highest BCUT2D eigenvalue weighted by Crippen LogP contribution is 2.23. The van der Waals surface area contributed by atoms with E-state index in [0.29, 0.717) is 10.6 Å². The van der Waals surface area contributed by atoms with Crippen LogP contribution >= 0.6 is 27.5 Å². The van der Waals surface area contributed by atoms with Crippen LogP contribution in [0.3, 0.4) is 0 Å². The van der Waals surface area contributed by atoms with Crippen molar-refractivity contribution < 1.29 is 9.31 Å². The van der Waals surface area contributed by atoms with Crippen LogP contribution in [0.1, 0.15) is 5.56 Å². The third-order valence-corrected chi connectivity index (χ3v) is 3.01. The normalized spacial score (nSPS) is 10.6. The van der Waals surface area contributed by atoms with Gasteiger partial charge in [-0.15, -0.1) is 0 Å². The minimum Gasteiger partial charge on any atom is -0.358 e. The van der Waals surface area contributed by atoms with Gasteiger partial charge in [0.2, 0.25) is 0 Å². The Morgan fingerprint density at radius 2 is 2.28 bits per heavy atom. The first-order valence-electron chi connectivity index (χ1n) is 4.78. The van der Waals surface area contributed by atoms with Gasteiger partial charge in [-0.25, -0.2) is 4.39 Å². The minimum atomic E-state index is -0.616. The van der Waals surface area contributed by atoms with Crippen molar-refractivity contribution in [3.63, 3.8) is 0 Å². The minimum absolute atomic E-state index is 0.0683. The van der Waals surface area contributed by atoms with E-state index < -0.39 is 10.7 Å².